The van der Waals surface area contributed by atoms with Crippen molar-refractivity contribution in [2.45, 2.75) is 0 Å². The molecule has 0 saturated carbocycles. The topological polar surface area (TPSA) is 39.9 Å². The maximum absolute atomic E-state index is 8.93. The Morgan fingerprint density at radius 1 is 0.606 bits per heavy atom. The molecule has 3 heteroatoms. The van der Waals surface area contributed by atoms with Crippen molar-refractivity contribution in [3.05, 3.63) is 132 Å². The van der Waals surface area contributed by atoms with Gasteiger partial charge in [-0.25, -0.2) is 4.98 Å². The van der Waals surface area contributed by atoms with E-state index in [1.807, 2.05) is 42.5 Å². The van der Waals surface area contributed by atoms with E-state index in [1.54, 1.807) is 18.3 Å². The SMILES string of the molecule is N#Cc1ccc(C#Cc2ccc(N(c3ccccc3)c3cccc4ccccc34)nc2)cc1. The summed E-state index contributed by atoms with van der Waals surface area (Å²) >= 11 is 0. The Morgan fingerprint density at radius 2 is 1.27 bits per heavy atom. The summed E-state index contributed by atoms with van der Waals surface area (Å²) in [5.74, 6) is 7.12. The highest BCUT2D eigenvalue weighted by Crippen LogP contribution is 2.37. The van der Waals surface area contributed by atoms with Crippen LogP contribution in [0.3, 0.4) is 0 Å². The summed E-state index contributed by atoms with van der Waals surface area (Å²) in [7, 11) is 0. The molecule has 0 saturated heterocycles. The number of fused-ring (bicyclic) bond motifs is 1. The predicted molar refractivity (Wildman–Crippen MR) is 134 cm³/mol. The van der Waals surface area contributed by atoms with Crippen molar-refractivity contribution in [1.82, 2.24) is 4.98 Å². The maximum Gasteiger partial charge on any atom is 0.137 e. The molecule has 0 spiro atoms. The van der Waals surface area contributed by atoms with Gasteiger partial charge in [0, 0.05) is 28.4 Å². The summed E-state index contributed by atoms with van der Waals surface area (Å²) in [6.45, 7) is 0. The van der Waals surface area contributed by atoms with Gasteiger partial charge in [0.2, 0.25) is 0 Å². The van der Waals surface area contributed by atoms with Crippen molar-refractivity contribution >= 4 is 28.0 Å². The monoisotopic (exact) mass is 421 g/mol. The minimum absolute atomic E-state index is 0.626. The summed E-state index contributed by atoms with van der Waals surface area (Å²) in [4.78, 5) is 6.93. The molecule has 3 nitrogen and oxygen atoms in total. The fourth-order valence-corrected chi connectivity index (χ4v) is 3.74. The van der Waals surface area contributed by atoms with E-state index in [0.717, 1.165) is 33.7 Å². The molecule has 154 valence electrons. The number of rotatable bonds is 3. The first-order valence-electron chi connectivity index (χ1n) is 10.6. The first kappa shape index (κ1) is 20.1. The van der Waals surface area contributed by atoms with Crippen LogP contribution in [0.25, 0.3) is 10.8 Å². The summed E-state index contributed by atoms with van der Waals surface area (Å²) in [6, 6.07) is 38.3. The lowest BCUT2D eigenvalue weighted by molar-refractivity contribution is 1.18. The lowest BCUT2D eigenvalue weighted by Crippen LogP contribution is -2.11. The third kappa shape index (κ3) is 4.30. The highest BCUT2D eigenvalue weighted by molar-refractivity contribution is 5.98. The fourth-order valence-electron chi connectivity index (χ4n) is 3.74. The standard InChI is InChI=1S/C30H19N3/c31-21-24-16-13-23(14-17-24)15-18-25-19-20-30(32-22-25)33(27-9-2-1-3-10-27)29-12-6-8-26-7-4-5-11-28(26)29/h1-14,16-17,19-20,22H. The van der Waals surface area contributed by atoms with Crippen molar-refractivity contribution < 1.29 is 0 Å². The minimum atomic E-state index is 0.626. The van der Waals surface area contributed by atoms with E-state index >= 15 is 0 Å². The van der Waals surface area contributed by atoms with Gasteiger partial charge in [0.05, 0.1) is 17.3 Å². The number of nitrogens with zero attached hydrogens (tertiary/aromatic N) is 3. The average Bonchev–Trinajstić information content (AvgIpc) is 2.89. The quantitative estimate of drug-likeness (QED) is 0.295. The number of nitriles is 1. The Balaban J connectivity index is 1.53. The number of benzene rings is 4. The molecule has 1 heterocycles. The van der Waals surface area contributed by atoms with Gasteiger partial charge in [-0.15, -0.1) is 0 Å². The molecule has 0 N–H and O–H groups in total. The molecule has 0 bridgehead atoms. The third-order valence-corrected chi connectivity index (χ3v) is 5.36. The molecule has 0 atom stereocenters. The van der Waals surface area contributed by atoms with E-state index in [0.29, 0.717) is 5.56 Å². The zero-order valence-electron chi connectivity index (χ0n) is 17.8. The van der Waals surface area contributed by atoms with Crippen LogP contribution >= 0.6 is 0 Å². The Bertz CT molecular complexity index is 1500. The summed E-state index contributed by atoms with van der Waals surface area (Å²) < 4.78 is 0. The van der Waals surface area contributed by atoms with Crippen LogP contribution in [0, 0.1) is 23.2 Å². The van der Waals surface area contributed by atoms with Crippen LogP contribution in [0.2, 0.25) is 0 Å². The first-order chi connectivity index (χ1) is 16.3. The fraction of sp³-hybridized carbons (Fsp3) is 0. The lowest BCUT2D eigenvalue weighted by atomic mass is 10.1. The largest absolute Gasteiger partial charge is 0.294 e. The molecule has 0 aliphatic carbocycles. The maximum atomic E-state index is 8.93. The Hall–Kier alpha value is -4.86. The number of hydrogen-bond acceptors (Lipinski definition) is 3. The zero-order valence-corrected chi connectivity index (χ0v) is 17.8. The van der Waals surface area contributed by atoms with E-state index in [9.17, 15) is 0 Å². The molecule has 5 aromatic rings. The molecule has 1 aromatic heterocycles. The second kappa shape index (κ2) is 9.10. The van der Waals surface area contributed by atoms with Crippen molar-refractivity contribution in [1.29, 1.82) is 5.26 Å². The van der Waals surface area contributed by atoms with Crippen LogP contribution in [-0.2, 0) is 0 Å². The second-order valence-electron chi connectivity index (χ2n) is 7.51. The molecule has 0 fully saturated rings. The summed E-state index contributed by atoms with van der Waals surface area (Å²) in [5.41, 5.74) is 4.43. The molecular weight excluding hydrogens is 402 g/mol. The van der Waals surface area contributed by atoms with Gasteiger partial charge in [-0.3, -0.25) is 4.90 Å². The van der Waals surface area contributed by atoms with Gasteiger partial charge in [-0.2, -0.15) is 5.26 Å². The van der Waals surface area contributed by atoms with E-state index in [1.165, 1.54) is 5.39 Å². The predicted octanol–water partition coefficient (Wildman–Crippen LogP) is 6.98. The molecule has 0 unspecified atom stereocenters. The number of pyridine rings is 1. The van der Waals surface area contributed by atoms with E-state index in [2.05, 4.69) is 77.4 Å². The van der Waals surface area contributed by atoms with Crippen molar-refractivity contribution in [3.8, 4) is 17.9 Å². The molecule has 0 aliphatic heterocycles. The van der Waals surface area contributed by atoms with Crippen molar-refractivity contribution in [3.63, 3.8) is 0 Å². The minimum Gasteiger partial charge on any atom is -0.294 e. The van der Waals surface area contributed by atoms with E-state index in [-0.39, 0.29) is 0 Å². The van der Waals surface area contributed by atoms with Crippen LogP contribution in [0.5, 0.6) is 0 Å². The van der Waals surface area contributed by atoms with Gasteiger partial charge in [0.25, 0.3) is 0 Å². The number of para-hydroxylation sites is 1. The molecule has 33 heavy (non-hydrogen) atoms. The Kier molecular flexibility index (Phi) is 5.53. The molecule has 0 radical (unpaired) electrons. The molecule has 5 rings (SSSR count). The van der Waals surface area contributed by atoms with Crippen LogP contribution in [0.4, 0.5) is 17.2 Å². The van der Waals surface area contributed by atoms with Gasteiger partial charge < -0.3 is 0 Å². The lowest BCUT2D eigenvalue weighted by Gasteiger charge is -2.25. The van der Waals surface area contributed by atoms with Crippen LogP contribution < -0.4 is 4.90 Å². The van der Waals surface area contributed by atoms with Crippen LogP contribution in [0.15, 0.2) is 115 Å². The highest BCUT2D eigenvalue weighted by Gasteiger charge is 2.15. The highest BCUT2D eigenvalue weighted by atomic mass is 15.2. The van der Waals surface area contributed by atoms with Gasteiger partial charge in [0.1, 0.15) is 5.82 Å². The van der Waals surface area contributed by atoms with Crippen molar-refractivity contribution in [2.24, 2.45) is 0 Å². The van der Waals surface area contributed by atoms with Gasteiger partial charge >= 0.3 is 0 Å². The molecule has 0 amide bonds. The summed E-state index contributed by atoms with van der Waals surface area (Å²) in [5, 5.41) is 11.3. The molecular formula is C30H19N3. The van der Waals surface area contributed by atoms with Gasteiger partial charge in [0.15, 0.2) is 0 Å². The smallest absolute Gasteiger partial charge is 0.137 e. The normalized spacial score (nSPS) is 10.2. The summed E-state index contributed by atoms with van der Waals surface area (Å²) in [6.07, 6.45) is 1.80. The van der Waals surface area contributed by atoms with Crippen LogP contribution in [0.1, 0.15) is 16.7 Å². The second-order valence-corrected chi connectivity index (χ2v) is 7.51. The van der Waals surface area contributed by atoms with Gasteiger partial charge in [-0.1, -0.05) is 66.4 Å². The number of aromatic nitrogens is 1. The van der Waals surface area contributed by atoms with Crippen LogP contribution in [-0.4, -0.2) is 4.98 Å². The Labute approximate surface area is 193 Å². The number of anilines is 3. The van der Waals surface area contributed by atoms with E-state index in [4.69, 9.17) is 10.2 Å². The zero-order chi connectivity index (χ0) is 22.5. The third-order valence-electron chi connectivity index (χ3n) is 5.36. The van der Waals surface area contributed by atoms with Crippen molar-refractivity contribution in [2.75, 3.05) is 4.90 Å². The average molecular weight is 422 g/mol. The molecule has 4 aromatic carbocycles. The first-order valence-corrected chi connectivity index (χ1v) is 10.6. The van der Waals surface area contributed by atoms with E-state index < -0.39 is 0 Å². The van der Waals surface area contributed by atoms with Gasteiger partial charge in [-0.05, 0) is 60.0 Å². The molecule has 0 aliphatic rings. The number of hydrogen-bond donors (Lipinski definition) is 0. The Morgan fingerprint density at radius 3 is 2.03 bits per heavy atom.